The number of carbonyl (C=O) groups excluding carboxylic acids is 1. The van der Waals surface area contributed by atoms with E-state index < -0.39 is 10.0 Å². The van der Waals surface area contributed by atoms with Crippen LogP contribution < -0.4 is 5.32 Å². The molecule has 0 aliphatic heterocycles. The van der Waals surface area contributed by atoms with Crippen molar-refractivity contribution < 1.29 is 13.2 Å². The van der Waals surface area contributed by atoms with Gasteiger partial charge in [-0.2, -0.15) is 11.3 Å². The lowest BCUT2D eigenvalue weighted by Crippen LogP contribution is -2.23. The minimum atomic E-state index is -3.60. The Morgan fingerprint density at radius 3 is 2.50 bits per heavy atom. The number of carbonyl (C=O) groups is 1. The summed E-state index contributed by atoms with van der Waals surface area (Å²) in [5.74, 6) is -0.293. The normalized spacial score (nSPS) is 11.8. The van der Waals surface area contributed by atoms with Gasteiger partial charge in [-0.1, -0.05) is 0 Å². The molecule has 0 fully saturated rings. The second-order valence-corrected chi connectivity index (χ2v) is 10.5. The van der Waals surface area contributed by atoms with Crippen LogP contribution in [0, 0.1) is 20.8 Å². The van der Waals surface area contributed by atoms with Gasteiger partial charge in [0, 0.05) is 30.7 Å². The third-order valence-corrected chi connectivity index (χ3v) is 8.12. The molecule has 0 spiro atoms. The molecule has 2 aromatic heterocycles. The average molecular weight is 436 g/mol. The number of hydrogen-bond acceptors (Lipinski definition) is 6. The highest BCUT2D eigenvalue weighted by molar-refractivity contribution is 7.89. The first-order valence-electron chi connectivity index (χ1n) is 8.46. The van der Waals surface area contributed by atoms with E-state index in [4.69, 9.17) is 0 Å². The maximum atomic E-state index is 12.9. The number of aromatic nitrogens is 1. The van der Waals surface area contributed by atoms with Crippen molar-refractivity contribution in [2.24, 2.45) is 0 Å². The van der Waals surface area contributed by atoms with E-state index in [9.17, 15) is 13.2 Å². The second-order valence-electron chi connectivity index (χ2n) is 6.60. The number of thiazole rings is 1. The molecule has 0 aliphatic carbocycles. The van der Waals surface area contributed by atoms with Crippen molar-refractivity contribution in [1.82, 2.24) is 9.29 Å². The Labute approximate surface area is 172 Å². The number of thiophene rings is 1. The Bertz CT molecular complexity index is 1130. The lowest BCUT2D eigenvalue weighted by Gasteiger charge is -2.16. The van der Waals surface area contributed by atoms with Crippen molar-refractivity contribution >= 4 is 44.3 Å². The van der Waals surface area contributed by atoms with Crippen molar-refractivity contribution in [2.75, 3.05) is 19.4 Å². The van der Waals surface area contributed by atoms with Crippen molar-refractivity contribution in [2.45, 2.75) is 25.7 Å². The second kappa shape index (κ2) is 7.75. The molecule has 0 saturated carbocycles. The van der Waals surface area contributed by atoms with Crippen LogP contribution in [0.5, 0.6) is 0 Å². The summed E-state index contributed by atoms with van der Waals surface area (Å²) >= 11 is 2.90. The molecule has 1 N–H and O–H groups in total. The molecule has 1 aromatic carbocycles. The SMILES string of the molecule is Cc1cc(S(=O)(=O)N(C)C)cc(NC(=O)c2sc(-c3ccsc3)nc2C)c1C. The maximum Gasteiger partial charge on any atom is 0.267 e. The predicted octanol–water partition coefficient (Wildman–Crippen LogP) is 4.30. The summed E-state index contributed by atoms with van der Waals surface area (Å²) in [4.78, 5) is 18.0. The molecule has 0 atom stereocenters. The summed E-state index contributed by atoms with van der Waals surface area (Å²) in [5, 5.41) is 7.62. The Hall–Kier alpha value is -2.07. The molecule has 9 heteroatoms. The van der Waals surface area contributed by atoms with Crippen LogP contribution in [0.25, 0.3) is 10.6 Å². The molecule has 0 bridgehead atoms. The van der Waals surface area contributed by atoms with Crippen molar-refractivity contribution in [1.29, 1.82) is 0 Å². The van der Waals surface area contributed by atoms with Crippen LogP contribution in [0.1, 0.15) is 26.5 Å². The van der Waals surface area contributed by atoms with Gasteiger partial charge < -0.3 is 5.32 Å². The van der Waals surface area contributed by atoms with E-state index in [0.717, 1.165) is 26.0 Å². The Balaban J connectivity index is 1.96. The molecule has 0 radical (unpaired) electrons. The standard InChI is InChI=1S/C19H21N3O3S3/c1-11-8-15(28(24,25)22(4)5)9-16(12(11)2)21-18(23)17-13(3)20-19(27-17)14-6-7-26-10-14/h6-10H,1-5H3,(H,21,23). The van der Waals surface area contributed by atoms with Gasteiger partial charge in [0.25, 0.3) is 5.91 Å². The number of benzene rings is 1. The van der Waals surface area contributed by atoms with E-state index in [-0.39, 0.29) is 10.8 Å². The van der Waals surface area contributed by atoms with Gasteiger partial charge in [-0.25, -0.2) is 17.7 Å². The highest BCUT2D eigenvalue weighted by atomic mass is 32.2. The number of anilines is 1. The lowest BCUT2D eigenvalue weighted by molar-refractivity contribution is 0.102. The number of nitrogens with zero attached hydrogens (tertiary/aromatic N) is 2. The van der Waals surface area contributed by atoms with Crippen LogP contribution in [-0.2, 0) is 10.0 Å². The number of hydrogen-bond donors (Lipinski definition) is 1. The molecule has 6 nitrogen and oxygen atoms in total. The highest BCUT2D eigenvalue weighted by Gasteiger charge is 2.22. The fourth-order valence-corrected chi connectivity index (χ4v) is 5.30. The zero-order valence-electron chi connectivity index (χ0n) is 16.2. The molecule has 3 aromatic rings. The number of sulfonamides is 1. The maximum absolute atomic E-state index is 12.9. The molecule has 2 heterocycles. The quantitative estimate of drug-likeness (QED) is 0.648. The Morgan fingerprint density at radius 2 is 1.89 bits per heavy atom. The van der Waals surface area contributed by atoms with Gasteiger partial charge in [-0.05, 0) is 55.5 Å². The Kier molecular flexibility index (Phi) is 5.72. The fraction of sp³-hybridized carbons (Fsp3) is 0.263. The summed E-state index contributed by atoms with van der Waals surface area (Å²) in [6, 6.07) is 5.09. The van der Waals surface area contributed by atoms with E-state index >= 15 is 0 Å². The first-order valence-corrected chi connectivity index (χ1v) is 11.7. The van der Waals surface area contributed by atoms with Gasteiger partial charge >= 0.3 is 0 Å². The van der Waals surface area contributed by atoms with Gasteiger partial charge in [0.15, 0.2) is 0 Å². The van der Waals surface area contributed by atoms with Crippen LogP contribution in [0.2, 0.25) is 0 Å². The third-order valence-electron chi connectivity index (χ3n) is 4.44. The first kappa shape index (κ1) is 20.7. The van der Waals surface area contributed by atoms with Gasteiger partial charge in [0.2, 0.25) is 10.0 Å². The molecule has 148 valence electrons. The number of nitrogens with one attached hydrogen (secondary N) is 1. The topological polar surface area (TPSA) is 79.4 Å². The van der Waals surface area contributed by atoms with Gasteiger partial charge in [-0.15, -0.1) is 11.3 Å². The van der Waals surface area contributed by atoms with Crippen LogP contribution >= 0.6 is 22.7 Å². The number of amides is 1. The van der Waals surface area contributed by atoms with Gasteiger partial charge in [0.1, 0.15) is 9.88 Å². The average Bonchev–Trinajstić information content (AvgIpc) is 3.27. The zero-order chi connectivity index (χ0) is 20.6. The minimum absolute atomic E-state index is 0.149. The molecule has 28 heavy (non-hydrogen) atoms. The van der Waals surface area contributed by atoms with Crippen LogP contribution in [0.15, 0.2) is 33.9 Å². The van der Waals surface area contributed by atoms with Gasteiger partial charge in [0.05, 0.1) is 10.6 Å². The molecular weight excluding hydrogens is 414 g/mol. The highest BCUT2D eigenvalue weighted by Crippen LogP contribution is 2.31. The Morgan fingerprint density at radius 1 is 1.18 bits per heavy atom. The van der Waals surface area contributed by atoms with Crippen molar-refractivity contribution in [3.63, 3.8) is 0 Å². The molecule has 0 aliphatic rings. The van der Waals surface area contributed by atoms with Gasteiger partial charge in [-0.3, -0.25) is 4.79 Å². The molecular formula is C19H21N3O3S3. The van der Waals surface area contributed by atoms with Crippen molar-refractivity contribution in [3.05, 3.63) is 50.7 Å². The molecule has 1 amide bonds. The van der Waals surface area contributed by atoms with E-state index in [1.807, 2.05) is 30.7 Å². The molecule has 0 saturated heterocycles. The molecule has 3 rings (SSSR count). The third kappa shape index (κ3) is 3.88. The zero-order valence-corrected chi connectivity index (χ0v) is 18.7. The summed E-state index contributed by atoms with van der Waals surface area (Å²) in [6.07, 6.45) is 0. The summed E-state index contributed by atoms with van der Waals surface area (Å²) in [6.45, 7) is 5.48. The monoisotopic (exact) mass is 435 g/mol. The van der Waals surface area contributed by atoms with Crippen LogP contribution in [-0.4, -0.2) is 37.7 Å². The predicted molar refractivity (Wildman–Crippen MR) is 115 cm³/mol. The van der Waals surface area contributed by atoms with E-state index in [2.05, 4.69) is 10.3 Å². The number of rotatable bonds is 5. The fourth-order valence-electron chi connectivity index (χ4n) is 2.61. The number of aryl methyl sites for hydroxylation is 2. The largest absolute Gasteiger partial charge is 0.321 e. The van der Waals surface area contributed by atoms with Crippen LogP contribution in [0.3, 0.4) is 0 Å². The smallest absolute Gasteiger partial charge is 0.267 e. The van der Waals surface area contributed by atoms with E-state index in [0.29, 0.717) is 16.3 Å². The first-order chi connectivity index (χ1) is 13.1. The summed E-state index contributed by atoms with van der Waals surface area (Å²) in [7, 11) is -0.636. The molecule has 0 unspecified atom stereocenters. The minimum Gasteiger partial charge on any atom is -0.321 e. The van der Waals surface area contributed by atoms with Crippen molar-refractivity contribution in [3.8, 4) is 10.6 Å². The lowest BCUT2D eigenvalue weighted by atomic mass is 10.1. The van der Waals surface area contributed by atoms with Crippen LogP contribution in [0.4, 0.5) is 5.69 Å². The summed E-state index contributed by atoms with van der Waals surface area (Å²) < 4.78 is 26.2. The van der Waals surface area contributed by atoms with E-state index in [1.54, 1.807) is 24.3 Å². The summed E-state index contributed by atoms with van der Waals surface area (Å²) in [5.41, 5.74) is 3.73. The van der Waals surface area contributed by atoms with E-state index in [1.165, 1.54) is 31.5 Å².